The highest BCUT2D eigenvalue weighted by Gasteiger charge is 2.31. The first kappa shape index (κ1) is 16.5. The van der Waals surface area contributed by atoms with Crippen LogP contribution in [-0.2, 0) is 4.79 Å². The van der Waals surface area contributed by atoms with Crippen molar-refractivity contribution in [2.75, 3.05) is 5.32 Å². The Bertz CT molecular complexity index is 745. The number of aromatic nitrogens is 1. The molecule has 1 aromatic carbocycles. The summed E-state index contributed by atoms with van der Waals surface area (Å²) in [5.41, 5.74) is 2.68. The van der Waals surface area contributed by atoms with Gasteiger partial charge in [0.05, 0.1) is 12.0 Å². The number of nitrogens with one attached hydrogen (secondary N) is 1. The van der Waals surface area contributed by atoms with Crippen molar-refractivity contribution >= 4 is 11.6 Å². The molecule has 0 bridgehead atoms. The predicted molar refractivity (Wildman–Crippen MR) is 92.2 cm³/mol. The number of aliphatic hydroxyl groups is 1. The van der Waals surface area contributed by atoms with E-state index in [9.17, 15) is 9.90 Å². The molecular formula is C19H22N2O3. The minimum atomic E-state index is -0.539. The highest BCUT2D eigenvalue weighted by atomic mass is 16.5. The molecule has 3 rings (SSSR count). The molecule has 126 valence electrons. The number of rotatable bonds is 4. The van der Waals surface area contributed by atoms with Crippen LogP contribution in [-0.4, -0.2) is 22.1 Å². The molecule has 1 saturated carbocycles. The van der Waals surface area contributed by atoms with E-state index in [1.54, 1.807) is 12.3 Å². The van der Waals surface area contributed by atoms with E-state index in [4.69, 9.17) is 4.74 Å². The fourth-order valence-electron chi connectivity index (χ4n) is 2.95. The lowest BCUT2D eigenvalue weighted by Gasteiger charge is -2.15. The Balaban J connectivity index is 1.75. The lowest BCUT2D eigenvalue weighted by molar-refractivity contribution is -0.122. The second-order valence-electron chi connectivity index (χ2n) is 6.35. The Morgan fingerprint density at radius 3 is 2.79 bits per heavy atom. The maximum Gasteiger partial charge on any atom is 0.230 e. The van der Waals surface area contributed by atoms with Gasteiger partial charge in [-0.15, -0.1) is 0 Å². The molecule has 5 nitrogen and oxygen atoms in total. The predicted octanol–water partition coefficient (Wildman–Crippen LogP) is 3.59. The van der Waals surface area contributed by atoms with E-state index >= 15 is 0 Å². The maximum absolute atomic E-state index is 12.3. The van der Waals surface area contributed by atoms with Gasteiger partial charge in [-0.25, -0.2) is 4.98 Å². The van der Waals surface area contributed by atoms with Crippen LogP contribution in [0.1, 0.15) is 30.4 Å². The molecular weight excluding hydrogens is 304 g/mol. The van der Waals surface area contributed by atoms with Crippen molar-refractivity contribution in [1.82, 2.24) is 4.98 Å². The largest absolute Gasteiger partial charge is 0.439 e. The van der Waals surface area contributed by atoms with E-state index in [1.807, 2.05) is 38.1 Å². The lowest BCUT2D eigenvalue weighted by atomic mass is 10.1. The highest BCUT2D eigenvalue weighted by Crippen LogP contribution is 2.30. The van der Waals surface area contributed by atoms with Gasteiger partial charge in [0, 0.05) is 24.0 Å². The standard InChI is InChI=1S/C19H22N2O3/c1-12-8-9-20-18(10-12)24-17-11-14(7-6-13(17)2)21-19(23)15-4-3-5-16(15)22/h6-11,15-16,22H,3-5H2,1-2H3,(H,21,23). The van der Waals surface area contributed by atoms with Crippen molar-refractivity contribution in [3.8, 4) is 11.6 Å². The molecule has 1 aliphatic carbocycles. The molecule has 24 heavy (non-hydrogen) atoms. The summed E-state index contributed by atoms with van der Waals surface area (Å²) in [6.07, 6.45) is 3.48. The van der Waals surface area contributed by atoms with Crippen LogP contribution in [0.4, 0.5) is 5.69 Å². The van der Waals surface area contributed by atoms with Crippen LogP contribution >= 0.6 is 0 Å². The van der Waals surface area contributed by atoms with E-state index in [0.29, 0.717) is 23.7 Å². The van der Waals surface area contributed by atoms with E-state index < -0.39 is 6.10 Å². The average Bonchev–Trinajstić information content (AvgIpc) is 2.97. The topological polar surface area (TPSA) is 71.5 Å². The number of carbonyl (C=O) groups is 1. The summed E-state index contributed by atoms with van der Waals surface area (Å²) in [7, 11) is 0. The minimum Gasteiger partial charge on any atom is -0.439 e. The molecule has 1 amide bonds. The van der Waals surface area contributed by atoms with Crippen molar-refractivity contribution in [1.29, 1.82) is 0 Å². The molecule has 2 unspecified atom stereocenters. The summed E-state index contributed by atoms with van der Waals surface area (Å²) in [5, 5.41) is 12.7. The van der Waals surface area contributed by atoms with Crippen molar-refractivity contribution in [2.45, 2.75) is 39.2 Å². The normalized spacial score (nSPS) is 20.0. The number of hydrogen-bond donors (Lipinski definition) is 2. The number of nitrogens with zero attached hydrogens (tertiary/aromatic N) is 1. The molecule has 0 spiro atoms. The first-order valence-electron chi connectivity index (χ1n) is 8.23. The van der Waals surface area contributed by atoms with Crippen molar-refractivity contribution in [3.05, 3.63) is 47.7 Å². The van der Waals surface area contributed by atoms with Crippen LogP contribution in [0.2, 0.25) is 0 Å². The summed E-state index contributed by atoms with van der Waals surface area (Å²) >= 11 is 0. The molecule has 0 radical (unpaired) electrons. The minimum absolute atomic E-state index is 0.136. The van der Waals surface area contributed by atoms with Crippen LogP contribution in [0, 0.1) is 19.8 Å². The van der Waals surface area contributed by atoms with Gasteiger partial charge in [0.1, 0.15) is 5.75 Å². The number of aliphatic hydroxyl groups excluding tert-OH is 1. The summed E-state index contributed by atoms with van der Waals surface area (Å²) in [6, 6.07) is 9.29. The number of amides is 1. The third kappa shape index (κ3) is 3.74. The second-order valence-corrected chi connectivity index (χ2v) is 6.35. The molecule has 2 atom stereocenters. The Kier molecular flexibility index (Phi) is 4.81. The number of carbonyl (C=O) groups excluding carboxylic acids is 1. The number of anilines is 1. The van der Waals surface area contributed by atoms with Gasteiger partial charge in [-0.3, -0.25) is 4.79 Å². The van der Waals surface area contributed by atoms with Crippen molar-refractivity contribution in [3.63, 3.8) is 0 Å². The zero-order valence-electron chi connectivity index (χ0n) is 14.0. The summed E-state index contributed by atoms with van der Waals surface area (Å²) < 4.78 is 5.85. The van der Waals surface area contributed by atoms with E-state index in [1.165, 1.54) is 0 Å². The third-order valence-electron chi connectivity index (χ3n) is 4.38. The molecule has 0 aliphatic heterocycles. The number of aryl methyl sites for hydroxylation is 2. The smallest absolute Gasteiger partial charge is 0.230 e. The van der Waals surface area contributed by atoms with Gasteiger partial charge in [0.25, 0.3) is 0 Å². The number of benzene rings is 1. The Labute approximate surface area is 141 Å². The van der Waals surface area contributed by atoms with Gasteiger partial charge in [0.2, 0.25) is 11.8 Å². The highest BCUT2D eigenvalue weighted by molar-refractivity contribution is 5.93. The second kappa shape index (κ2) is 7.01. The van der Waals surface area contributed by atoms with Gasteiger partial charge in [-0.1, -0.05) is 6.07 Å². The number of hydrogen-bond acceptors (Lipinski definition) is 4. The van der Waals surface area contributed by atoms with Crippen LogP contribution in [0.3, 0.4) is 0 Å². The number of ether oxygens (including phenoxy) is 1. The molecule has 0 saturated heterocycles. The van der Waals surface area contributed by atoms with Crippen LogP contribution < -0.4 is 10.1 Å². The van der Waals surface area contributed by atoms with E-state index in [2.05, 4.69) is 10.3 Å². The molecule has 1 aliphatic rings. The lowest BCUT2D eigenvalue weighted by Crippen LogP contribution is -2.28. The molecule has 1 heterocycles. The molecule has 1 aromatic heterocycles. The Hall–Kier alpha value is -2.40. The Morgan fingerprint density at radius 1 is 1.25 bits per heavy atom. The zero-order chi connectivity index (χ0) is 17.1. The van der Waals surface area contributed by atoms with Crippen LogP contribution in [0.25, 0.3) is 0 Å². The molecule has 1 fully saturated rings. The van der Waals surface area contributed by atoms with Crippen LogP contribution in [0.15, 0.2) is 36.5 Å². The van der Waals surface area contributed by atoms with Gasteiger partial charge in [-0.2, -0.15) is 0 Å². The first-order chi connectivity index (χ1) is 11.5. The van der Waals surface area contributed by atoms with Crippen LogP contribution in [0.5, 0.6) is 11.6 Å². The molecule has 5 heteroatoms. The summed E-state index contributed by atoms with van der Waals surface area (Å²) in [5.74, 6) is 0.711. The quantitative estimate of drug-likeness (QED) is 0.900. The van der Waals surface area contributed by atoms with E-state index in [-0.39, 0.29) is 11.8 Å². The van der Waals surface area contributed by atoms with Gasteiger partial charge in [0.15, 0.2) is 0 Å². The molecule has 2 aromatic rings. The SMILES string of the molecule is Cc1ccnc(Oc2cc(NC(=O)C3CCCC3O)ccc2C)c1. The summed E-state index contributed by atoms with van der Waals surface area (Å²) in [4.78, 5) is 16.5. The van der Waals surface area contributed by atoms with E-state index in [0.717, 1.165) is 24.0 Å². The molecule has 2 N–H and O–H groups in total. The zero-order valence-corrected chi connectivity index (χ0v) is 14.0. The van der Waals surface area contributed by atoms with Gasteiger partial charge >= 0.3 is 0 Å². The van der Waals surface area contributed by atoms with Gasteiger partial charge in [-0.05, 0) is 56.4 Å². The fraction of sp³-hybridized carbons (Fsp3) is 0.368. The van der Waals surface area contributed by atoms with Gasteiger partial charge < -0.3 is 15.2 Å². The maximum atomic E-state index is 12.3. The fourth-order valence-corrected chi connectivity index (χ4v) is 2.95. The first-order valence-corrected chi connectivity index (χ1v) is 8.23. The average molecular weight is 326 g/mol. The Morgan fingerprint density at radius 2 is 2.08 bits per heavy atom. The summed E-state index contributed by atoms with van der Waals surface area (Å²) in [6.45, 7) is 3.92. The van der Waals surface area contributed by atoms with Crippen molar-refractivity contribution in [2.24, 2.45) is 5.92 Å². The number of pyridine rings is 1. The van der Waals surface area contributed by atoms with Crippen molar-refractivity contribution < 1.29 is 14.6 Å². The monoisotopic (exact) mass is 326 g/mol. The third-order valence-corrected chi connectivity index (χ3v) is 4.38.